The monoisotopic (exact) mass is 452 g/mol. The second-order valence-corrected chi connectivity index (χ2v) is 8.53. The van der Waals surface area contributed by atoms with Crippen LogP contribution in [-0.2, 0) is 11.3 Å². The molecule has 3 aromatic rings. The van der Waals surface area contributed by atoms with E-state index in [1.54, 1.807) is 7.11 Å². The second-order valence-electron chi connectivity index (χ2n) is 8.53. The molecule has 33 heavy (non-hydrogen) atoms. The third kappa shape index (κ3) is 4.84. The van der Waals surface area contributed by atoms with Crippen LogP contribution in [0, 0.1) is 5.82 Å². The molecule has 9 heteroatoms. The van der Waals surface area contributed by atoms with Gasteiger partial charge in [0, 0.05) is 38.5 Å². The van der Waals surface area contributed by atoms with Crippen molar-refractivity contribution in [2.45, 2.75) is 31.5 Å². The maximum atomic E-state index is 13.3. The first kappa shape index (κ1) is 21.8. The Hall–Kier alpha value is -3.04. The quantitative estimate of drug-likeness (QED) is 0.546. The van der Waals surface area contributed by atoms with Crippen molar-refractivity contribution in [2.24, 2.45) is 0 Å². The Morgan fingerprint density at radius 2 is 1.82 bits per heavy atom. The average Bonchev–Trinajstić information content (AvgIpc) is 3.54. The lowest BCUT2D eigenvalue weighted by atomic mass is 10.0. The summed E-state index contributed by atoms with van der Waals surface area (Å²) < 4.78 is 26.4. The van der Waals surface area contributed by atoms with Crippen molar-refractivity contribution in [3.05, 3.63) is 65.7 Å². The molecule has 0 spiro atoms. The highest BCUT2D eigenvalue weighted by Gasteiger charge is 2.31. The zero-order valence-electron chi connectivity index (χ0n) is 18.8. The summed E-state index contributed by atoms with van der Waals surface area (Å²) in [4.78, 5) is 4.70. The molecule has 2 aromatic carbocycles. The number of piperazine rings is 1. The molecule has 2 aliphatic heterocycles. The van der Waals surface area contributed by atoms with E-state index in [0.29, 0.717) is 6.54 Å². The van der Waals surface area contributed by atoms with Gasteiger partial charge < -0.3 is 14.4 Å². The van der Waals surface area contributed by atoms with E-state index >= 15 is 0 Å². The van der Waals surface area contributed by atoms with E-state index in [1.807, 2.05) is 28.9 Å². The van der Waals surface area contributed by atoms with Crippen molar-refractivity contribution in [1.82, 2.24) is 25.1 Å². The van der Waals surface area contributed by atoms with Crippen LogP contribution in [0.4, 0.5) is 10.1 Å². The fourth-order valence-corrected chi connectivity index (χ4v) is 4.72. The fraction of sp³-hybridized carbons (Fsp3) is 0.458. The van der Waals surface area contributed by atoms with E-state index in [4.69, 9.17) is 9.47 Å². The third-order valence-electron chi connectivity index (χ3n) is 6.51. The van der Waals surface area contributed by atoms with Gasteiger partial charge >= 0.3 is 0 Å². The van der Waals surface area contributed by atoms with Crippen LogP contribution < -0.4 is 9.64 Å². The minimum absolute atomic E-state index is 0.0809. The average molecular weight is 453 g/mol. The summed E-state index contributed by atoms with van der Waals surface area (Å²) in [6, 6.07) is 14.8. The van der Waals surface area contributed by atoms with Crippen molar-refractivity contribution < 1.29 is 13.9 Å². The Balaban J connectivity index is 1.39. The summed E-state index contributed by atoms with van der Waals surface area (Å²) in [5.74, 6) is 1.43. The smallest absolute Gasteiger partial charge is 0.173 e. The molecule has 0 N–H and O–H groups in total. The van der Waals surface area contributed by atoms with E-state index in [2.05, 4.69) is 37.5 Å². The molecule has 8 nitrogen and oxygen atoms in total. The summed E-state index contributed by atoms with van der Waals surface area (Å²) in [6.07, 6.45) is 2.26. The Bertz CT molecular complexity index is 1030. The van der Waals surface area contributed by atoms with Crippen LogP contribution in [-0.4, -0.2) is 71.1 Å². The first-order valence-electron chi connectivity index (χ1n) is 11.5. The van der Waals surface area contributed by atoms with E-state index in [1.165, 1.54) is 12.1 Å². The standard InChI is InChI=1S/C24H29FN6O2/c1-32-21-10-4-18(5-11-21)23(24-26-27-28-31(24)17-22-3-2-16-33-22)30-14-12-29(13-15-30)20-8-6-19(25)7-9-20/h4-11,22-23H,2-3,12-17H2,1H3/t22-,23-/m1/s1. The number of aromatic nitrogens is 4. The molecule has 1 aromatic heterocycles. The lowest BCUT2D eigenvalue weighted by Crippen LogP contribution is -2.48. The number of methoxy groups -OCH3 is 1. The highest BCUT2D eigenvalue weighted by Crippen LogP contribution is 2.31. The van der Waals surface area contributed by atoms with Crippen LogP contribution in [0.3, 0.4) is 0 Å². The van der Waals surface area contributed by atoms with Crippen molar-refractivity contribution in [3.8, 4) is 5.75 Å². The number of ether oxygens (including phenoxy) is 2. The maximum Gasteiger partial charge on any atom is 0.173 e. The molecule has 0 saturated carbocycles. The second kappa shape index (κ2) is 9.84. The Morgan fingerprint density at radius 1 is 1.06 bits per heavy atom. The molecule has 0 unspecified atom stereocenters. The number of rotatable bonds is 7. The Labute approximate surface area is 192 Å². The van der Waals surface area contributed by atoms with Gasteiger partial charge in [0.2, 0.25) is 0 Å². The molecular formula is C24H29FN6O2. The summed E-state index contributed by atoms with van der Waals surface area (Å²) in [6.45, 7) is 4.80. The van der Waals surface area contributed by atoms with E-state index in [-0.39, 0.29) is 18.0 Å². The number of tetrazole rings is 1. The van der Waals surface area contributed by atoms with Crippen molar-refractivity contribution >= 4 is 5.69 Å². The van der Waals surface area contributed by atoms with Crippen LogP contribution in [0.5, 0.6) is 5.75 Å². The van der Waals surface area contributed by atoms with Gasteiger partial charge in [0.15, 0.2) is 5.82 Å². The molecule has 2 aliphatic rings. The van der Waals surface area contributed by atoms with Gasteiger partial charge in [-0.3, -0.25) is 4.90 Å². The van der Waals surface area contributed by atoms with Crippen molar-refractivity contribution in [1.29, 1.82) is 0 Å². The molecule has 0 bridgehead atoms. The van der Waals surface area contributed by atoms with Gasteiger partial charge in [-0.15, -0.1) is 5.10 Å². The van der Waals surface area contributed by atoms with E-state index < -0.39 is 0 Å². The summed E-state index contributed by atoms with van der Waals surface area (Å²) in [7, 11) is 1.67. The lowest BCUT2D eigenvalue weighted by Gasteiger charge is -2.40. The highest BCUT2D eigenvalue weighted by atomic mass is 19.1. The van der Waals surface area contributed by atoms with Crippen LogP contribution in [0.25, 0.3) is 0 Å². The summed E-state index contributed by atoms with van der Waals surface area (Å²) in [5.41, 5.74) is 2.16. The highest BCUT2D eigenvalue weighted by molar-refractivity contribution is 5.46. The van der Waals surface area contributed by atoms with Crippen molar-refractivity contribution in [2.75, 3.05) is 44.8 Å². The number of anilines is 1. The molecular weight excluding hydrogens is 423 g/mol. The van der Waals surface area contributed by atoms with Crippen LogP contribution in [0.2, 0.25) is 0 Å². The maximum absolute atomic E-state index is 13.3. The minimum atomic E-state index is -0.213. The molecule has 5 rings (SSSR count). The number of benzene rings is 2. The minimum Gasteiger partial charge on any atom is -0.497 e. The molecule has 0 amide bonds. The molecule has 2 atom stereocenters. The van der Waals surface area contributed by atoms with Crippen LogP contribution in [0.15, 0.2) is 48.5 Å². The predicted molar refractivity (Wildman–Crippen MR) is 122 cm³/mol. The van der Waals surface area contributed by atoms with Crippen LogP contribution >= 0.6 is 0 Å². The molecule has 3 heterocycles. The lowest BCUT2D eigenvalue weighted by molar-refractivity contribution is 0.0906. The predicted octanol–water partition coefficient (Wildman–Crippen LogP) is 2.91. The molecule has 0 radical (unpaired) electrons. The first-order valence-corrected chi connectivity index (χ1v) is 11.5. The van der Waals surface area contributed by atoms with Crippen LogP contribution in [0.1, 0.15) is 30.3 Å². The van der Waals surface area contributed by atoms with E-state index in [0.717, 1.165) is 68.5 Å². The van der Waals surface area contributed by atoms with Gasteiger partial charge in [0.05, 0.1) is 25.8 Å². The number of nitrogens with zero attached hydrogens (tertiary/aromatic N) is 6. The zero-order chi connectivity index (χ0) is 22.6. The largest absolute Gasteiger partial charge is 0.497 e. The number of hydrogen-bond acceptors (Lipinski definition) is 7. The number of halogens is 1. The normalized spacial score (nSPS) is 20.2. The Morgan fingerprint density at radius 3 is 2.48 bits per heavy atom. The first-order chi connectivity index (χ1) is 16.2. The van der Waals surface area contributed by atoms with Gasteiger partial charge in [0.25, 0.3) is 0 Å². The summed E-state index contributed by atoms with van der Waals surface area (Å²) >= 11 is 0. The number of hydrogen-bond donors (Lipinski definition) is 0. The third-order valence-corrected chi connectivity index (χ3v) is 6.51. The molecule has 0 aliphatic carbocycles. The van der Waals surface area contributed by atoms with Gasteiger partial charge in [-0.25, -0.2) is 9.07 Å². The summed E-state index contributed by atoms with van der Waals surface area (Å²) in [5, 5.41) is 12.8. The van der Waals surface area contributed by atoms with Gasteiger partial charge in [-0.1, -0.05) is 12.1 Å². The van der Waals surface area contributed by atoms with Crippen molar-refractivity contribution in [3.63, 3.8) is 0 Å². The van der Waals surface area contributed by atoms with Gasteiger partial charge in [-0.05, 0) is 65.2 Å². The fourth-order valence-electron chi connectivity index (χ4n) is 4.72. The van der Waals surface area contributed by atoms with E-state index in [9.17, 15) is 4.39 Å². The zero-order valence-corrected chi connectivity index (χ0v) is 18.8. The molecule has 174 valence electrons. The molecule has 2 saturated heterocycles. The Kier molecular flexibility index (Phi) is 6.50. The SMILES string of the molecule is COc1ccc([C@H](c2nnnn2C[C@H]2CCCO2)N2CCN(c3ccc(F)cc3)CC2)cc1. The van der Waals surface area contributed by atoms with Gasteiger partial charge in [-0.2, -0.15) is 0 Å². The topological polar surface area (TPSA) is 68.5 Å². The molecule has 2 fully saturated rings. The van der Waals surface area contributed by atoms with Gasteiger partial charge in [0.1, 0.15) is 11.6 Å².